The van der Waals surface area contributed by atoms with Crippen LogP contribution in [0.5, 0.6) is 0 Å². The normalized spacial score (nSPS) is 20.2. The van der Waals surface area contributed by atoms with Crippen LogP contribution in [0.1, 0.15) is 95.9 Å². The minimum Gasteiger partial charge on any atom is -0.480 e. The highest BCUT2D eigenvalue weighted by Crippen LogP contribution is 2.46. The second kappa shape index (κ2) is 18.7. The molecule has 2 fully saturated rings. The van der Waals surface area contributed by atoms with Crippen molar-refractivity contribution in [2.75, 3.05) is 33.4 Å². The van der Waals surface area contributed by atoms with E-state index in [1.807, 2.05) is 90.1 Å². The van der Waals surface area contributed by atoms with Gasteiger partial charge in [-0.3, -0.25) is 9.80 Å². The third-order valence-electron chi connectivity index (χ3n) is 11.5. The van der Waals surface area contributed by atoms with Crippen molar-refractivity contribution in [3.8, 4) is 22.3 Å². The lowest BCUT2D eigenvalue weighted by Crippen LogP contribution is -2.42. The number of aliphatic carboxylic acids is 1. The van der Waals surface area contributed by atoms with E-state index < -0.39 is 41.8 Å². The zero-order chi connectivity index (χ0) is 43.6. The van der Waals surface area contributed by atoms with Gasteiger partial charge in [0.25, 0.3) is 0 Å². The number of hydrogen-bond acceptors (Lipinski definition) is 9. The number of amides is 2. The molecule has 4 aromatic rings. The number of hydrogen-bond donors (Lipinski definition) is 1. The number of rotatable bonds is 8. The summed E-state index contributed by atoms with van der Waals surface area (Å²) in [4.78, 5) is 52.6. The number of carboxylic acids is 1. The van der Waals surface area contributed by atoms with Gasteiger partial charge >= 0.3 is 24.1 Å². The minimum atomic E-state index is -1.04. The summed E-state index contributed by atoms with van der Waals surface area (Å²) in [6.07, 6.45) is -1.04. The average Bonchev–Trinajstić information content (AvgIpc) is 3.99. The third kappa shape index (κ3) is 9.98. The van der Waals surface area contributed by atoms with Crippen LogP contribution in [0.3, 0.4) is 0 Å². The van der Waals surface area contributed by atoms with Crippen LogP contribution in [0, 0.1) is 0 Å². The maximum absolute atomic E-state index is 13.0. The van der Waals surface area contributed by atoms with Crippen LogP contribution < -0.4 is 0 Å². The molecule has 4 aromatic carbocycles. The van der Waals surface area contributed by atoms with Gasteiger partial charge in [-0.1, -0.05) is 104 Å². The van der Waals surface area contributed by atoms with Crippen molar-refractivity contribution in [2.45, 2.75) is 109 Å². The lowest BCUT2D eigenvalue weighted by molar-refractivity contribution is -0.145. The highest BCUT2D eigenvalue weighted by atomic mass is 16.6. The van der Waals surface area contributed by atoms with Crippen molar-refractivity contribution in [1.82, 2.24) is 9.80 Å². The van der Waals surface area contributed by atoms with E-state index in [4.69, 9.17) is 23.7 Å². The van der Waals surface area contributed by atoms with Crippen LogP contribution in [0.4, 0.5) is 9.59 Å². The largest absolute Gasteiger partial charge is 0.480 e. The van der Waals surface area contributed by atoms with E-state index in [1.54, 1.807) is 0 Å². The fourth-order valence-corrected chi connectivity index (χ4v) is 9.12. The molecular formula is C50H60N2O10. The Morgan fingerprint density at radius 3 is 1.21 bits per heavy atom. The summed E-state index contributed by atoms with van der Waals surface area (Å²) in [7, 11) is 1.33. The van der Waals surface area contributed by atoms with E-state index in [9.17, 15) is 24.3 Å². The monoisotopic (exact) mass is 848 g/mol. The Labute approximate surface area is 365 Å². The number of esters is 1. The van der Waals surface area contributed by atoms with Gasteiger partial charge in [0, 0.05) is 24.7 Å². The Morgan fingerprint density at radius 2 is 0.887 bits per heavy atom. The predicted molar refractivity (Wildman–Crippen MR) is 236 cm³/mol. The first-order chi connectivity index (χ1) is 29.0. The van der Waals surface area contributed by atoms with Crippen LogP contribution in [-0.2, 0) is 33.3 Å². The fraction of sp³-hybridized carbons (Fsp3) is 0.440. The van der Waals surface area contributed by atoms with Gasteiger partial charge in [-0.15, -0.1) is 0 Å². The van der Waals surface area contributed by atoms with Gasteiger partial charge in [-0.05, 0) is 86.1 Å². The van der Waals surface area contributed by atoms with Gasteiger partial charge in [0.15, 0.2) is 0 Å². The van der Waals surface area contributed by atoms with E-state index in [-0.39, 0.29) is 63.3 Å². The van der Waals surface area contributed by atoms with Crippen LogP contribution in [0.15, 0.2) is 97.1 Å². The number of fused-ring (bicyclic) bond motifs is 6. The molecule has 2 saturated heterocycles. The smallest absolute Gasteiger partial charge is 0.410 e. The number of carboxylic acid groups (broad SMARTS) is 1. The van der Waals surface area contributed by atoms with E-state index in [0.29, 0.717) is 13.0 Å². The number of methoxy groups -OCH3 is 1. The molecule has 2 aliphatic carbocycles. The number of benzene rings is 4. The summed E-state index contributed by atoms with van der Waals surface area (Å²) in [5, 5.41) is 9.58. The average molecular weight is 849 g/mol. The van der Waals surface area contributed by atoms with Crippen molar-refractivity contribution >= 4 is 24.1 Å². The van der Waals surface area contributed by atoms with E-state index >= 15 is 0 Å². The van der Waals surface area contributed by atoms with Crippen LogP contribution in [-0.4, -0.2) is 108 Å². The first-order valence-corrected chi connectivity index (χ1v) is 20.9. The molecule has 12 nitrogen and oxygen atoms in total. The summed E-state index contributed by atoms with van der Waals surface area (Å²) in [6, 6.07) is 31.0. The van der Waals surface area contributed by atoms with Crippen LogP contribution in [0.2, 0.25) is 0 Å². The maximum atomic E-state index is 13.0. The van der Waals surface area contributed by atoms with Gasteiger partial charge in [0.2, 0.25) is 0 Å². The molecule has 330 valence electrons. The molecule has 8 rings (SSSR count). The summed E-state index contributed by atoms with van der Waals surface area (Å²) in [5.74, 6) is -1.58. The van der Waals surface area contributed by atoms with Gasteiger partial charge in [0.05, 0.1) is 43.6 Å². The van der Waals surface area contributed by atoms with Crippen LogP contribution >= 0.6 is 0 Å². The standard InChI is InChI=1S/C25H29NO5.C24H27NO5.CH4/c1-25(2,3)31-16-13-22(23(27)29-4)26(14-16)24(28)30-15-21-19-11-7-5-9-17(19)18-10-6-8-12-20(18)21;1-24(2,3)30-15-12-21(22(26)27)25(13-15)23(28)29-14-20-18-10-6-4-8-16(18)17-9-5-7-11-19(17)20;/h5-12,16,21-22H,13-15H2,1-4H3;4-11,15,20-21H,12-14H2,1-3H3,(H,26,27);1H4/t16-,22+;15-,21+;/m11./s1. The highest BCUT2D eigenvalue weighted by molar-refractivity contribution is 5.84. The second-order valence-corrected chi connectivity index (χ2v) is 18.0. The summed E-state index contributed by atoms with van der Waals surface area (Å²) in [5.41, 5.74) is 8.40. The fourth-order valence-electron chi connectivity index (χ4n) is 9.12. The molecule has 0 aromatic heterocycles. The lowest BCUT2D eigenvalue weighted by atomic mass is 9.98. The maximum Gasteiger partial charge on any atom is 0.410 e. The SMILES string of the molecule is C.CC(C)(C)O[C@@H]1C[C@@H](C(=O)O)N(C(=O)OCC2c3ccccc3-c3ccccc32)C1.COC(=O)[C@@H]1C[C@@H](OC(C)(C)C)CN1C(=O)OCC1c2ccccc2-c2ccccc21. The molecule has 0 spiro atoms. The molecule has 1 N–H and O–H groups in total. The van der Waals surface area contributed by atoms with Gasteiger partial charge in [0.1, 0.15) is 25.3 Å². The molecule has 2 aliphatic heterocycles. The van der Waals surface area contributed by atoms with E-state index in [1.165, 1.54) is 28.0 Å². The Kier molecular flexibility index (Phi) is 13.8. The van der Waals surface area contributed by atoms with E-state index in [2.05, 4.69) is 48.5 Å². The van der Waals surface area contributed by atoms with E-state index in [0.717, 1.165) is 33.4 Å². The van der Waals surface area contributed by atoms with Gasteiger partial charge < -0.3 is 28.8 Å². The van der Waals surface area contributed by atoms with Crippen molar-refractivity contribution < 1.29 is 48.0 Å². The zero-order valence-corrected chi connectivity index (χ0v) is 36.0. The first kappa shape index (κ1) is 45.8. The number of likely N-dealkylation sites (tertiary alicyclic amines) is 2. The quantitative estimate of drug-likeness (QED) is 0.135. The molecule has 4 aliphatic rings. The van der Waals surface area contributed by atoms with Gasteiger partial charge in [-0.2, -0.15) is 0 Å². The number of carbonyl (C=O) groups is 4. The number of nitrogens with zero attached hydrogens (tertiary/aromatic N) is 2. The minimum absolute atomic E-state index is 0. The Hall–Kier alpha value is -5.72. The molecular weight excluding hydrogens is 789 g/mol. The van der Waals surface area contributed by atoms with Gasteiger partial charge in [-0.25, -0.2) is 19.2 Å². The van der Waals surface area contributed by atoms with Crippen molar-refractivity contribution in [1.29, 1.82) is 0 Å². The molecule has 2 amide bonds. The molecule has 12 heteroatoms. The second-order valence-electron chi connectivity index (χ2n) is 18.0. The number of carbonyl (C=O) groups excluding carboxylic acids is 3. The predicted octanol–water partition coefficient (Wildman–Crippen LogP) is 9.28. The molecule has 0 unspecified atom stereocenters. The highest BCUT2D eigenvalue weighted by Gasteiger charge is 2.45. The number of ether oxygens (including phenoxy) is 5. The summed E-state index contributed by atoms with van der Waals surface area (Å²) < 4.78 is 28.3. The molecule has 0 saturated carbocycles. The Bertz CT molecular complexity index is 2170. The topological polar surface area (TPSA) is 141 Å². The van der Waals surface area contributed by atoms with Crippen molar-refractivity contribution in [3.05, 3.63) is 119 Å². The zero-order valence-electron chi connectivity index (χ0n) is 36.0. The van der Waals surface area contributed by atoms with Crippen molar-refractivity contribution in [3.63, 3.8) is 0 Å². The summed E-state index contributed by atoms with van der Waals surface area (Å²) in [6.45, 7) is 12.5. The molecule has 2 heterocycles. The van der Waals surface area contributed by atoms with Crippen LogP contribution in [0.25, 0.3) is 22.3 Å². The Morgan fingerprint density at radius 1 is 0.565 bits per heavy atom. The molecule has 0 bridgehead atoms. The molecule has 0 radical (unpaired) electrons. The molecule has 62 heavy (non-hydrogen) atoms. The summed E-state index contributed by atoms with van der Waals surface area (Å²) >= 11 is 0. The Balaban J connectivity index is 0.000000204. The first-order valence-electron chi connectivity index (χ1n) is 20.9. The molecule has 4 atom stereocenters. The third-order valence-corrected chi connectivity index (χ3v) is 11.5. The lowest BCUT2D eigenvalue weighted by Gasteiger charge is -2.25. The van der Waals surface area contributed by atoms with Crippen molar-refractivity contribution in [2.24, 2.45) is 0 Å².